The Hall–Kier alpha value is -1.90. The molecule has 7 bridgehead atoms. The van der Waals surface area contributed by atoms with Gasteiger partial charge in [-0.2, -0.15) is 23.5 Å². The molecule has 28 heavy (non-hydrogen) atoms. The van der Waals surface area contributed by atoms with Crippen LogP contribution >= 0.6 is 23.5 Å². The predicted molar refractivity (Wildman–Crippen MR) is 128 cm³/mol. The highest BCUT2D eigenvalue weighted by atomic mass is 32.2. The second-order valence-electron chi connectivity index (χ2n) is 7.74. The van der Waals surface area contributed by atoms with E-state index in [1.807, 2.05) is 23.5 Å². The number of thioether (sulfide) groups is 2. The Morgan fingerprint density at radius 3 is 1.64 bits per heavy atom. The van der Waals surface area contributed by atoms with E-state index >= 15 is 0 Å². The Labute approximate surface area is 175 Å². The monoisotopic (exact) mass is 400 g/mol. The van der Waals surface area contributed by atoms with Crippen molar-refractivity contribution < 1.29 is 0 Å². The first-order valence-corrected chi connectivity index (χ1v) is 12.4. The fourth-order valence-electron chi connectivity index (χ4n) is 4.39. The molecule has 0 radical (unpaired) electrons. The van der Waals surface area contributed by atoms with E-state index in [4.69, 9.17) is 0 Å². The summed E-state index contributed by atoms with van der Waals surface area (Å²) < 4.78 is 0. The van der Waals surface area contributed by atoms with E-state index in [1.54, 1.807) is 0 Å². The second-order valence-corrected chi connectivity index (χ2v) is 9.82. The third-order valence-corrected chi connectivity index (χ3v) is 8.03. The van der Waals surface area contributed by atoms with Gasteiger partial charge in [0, 0.05) is 10.5 Å². The van der Waals surface area contributed by atoms with Crippen LogP contribution in [-0.4, -0.2) is 12.5 Å². The molecular weight excluding hydrogens is 376 g/mol. The average molecular weight is 401 g/mol. The van der Waals surface area contributed by atoms with Gasteiger partial charge in [-0.15, -0.1) is 0 Å². The van der Waals surface area contributed by atoms with Crippen molar-refractivity contribution in [2.75, 3.05) is 12.5 Å². The maximum absolute atomic E-state index is 2.41. The minimum absolute atomic E-state index is 0.480. The number of fused-ring (bicyclic) bond motifs is 2. The summed E-state index contributed by atoms with van der Waals surface area (Å²) in [5.41, 5.74) is 5.71. The first-order valence-electron chi connectivity index (χ1n) is 9.84. The fraction of sp³-hybridized carbons (Fsp3) is 0.231. The third kappa shape index (κ3) is 3.33. The summed E-state index contributed by atoms with van der Waals surface area (Å²) in [6.45, 7) is 0. The van der Waals surface area contributed by atoms with E-state index in [1.165, 1.54) is 43.8 Å². The maximum atomic E-state index is 2.41. The van der Waals surface area contributed by atoms with Gasteiger partial charge >= 0.3 is 0 Å². The van der Waals surface area contributed by atoms with Crippen LogP contribution in [0.25, 0.3) is 21.5 Å². The van der Waals surface area contributed by atoms with Gasteiger partial charge in [0.25, 0.3) is 0 Å². The van der Waals surface area contributed by atoms with E-state index in [9.17, 15) is 0 Å². The van der Waals surface area contributed by atoms with Gasteiger partial charge in [-0.05, 0) is 69.2 Å². The van der Waals surface area contributed by atoms with Crippen LogP contribution in [-0.2, 0) is 12.8 Å². The lowest BCUT2D eigenvalue weighted by atomic mass is 9.98. The van der Waals surface area contributed by atoms with Crippen molar-refractivity contribution in [3.8, 4) is 0 Å². The van der Waals surface area contributed by atoms with Gasteiger partial charge in [0.1, 0.15) is 0 Å². The molecule has 2 unspecified atom stereocenters. The molecule has 0 amide bonds. The SMILES string of the molecule is CSC1Cc2ccc3ccc(cc3c2)C(SC)Cc2ccc3cc1ccc3c2. The molecule has 0 heterocycles. The molecule has 0 aliphatic heterocycles. The number of hydrogen-bond donors (Lipinski definition) is 0. The summed E-state index contributed by atoms with van der Waals surface area (Å²) in [4.78, 5) is 0. The molecule has 0 nitrogen and oxygen atoms in total. The largest absolute Gasteiger partial charge is 0.157 e. The molecular formula is C26H24S2. The van der Waals surface area contributed by atoms with E-state index in [-0.39, 0.29) is 0 Å². The van der Waals surface area contributed by atoms with Crippen LogP contribution in [0.2, 0.25) is 0 Å². The number of rotatable bonds is 2. The molecule has 7 rings (SSSR count). The molecule has 0 saturated carbocycles. The summed E-state index contributed by atoms with van der Waals surface area (Å²) in [5.74, 6) is 0. The Bertz CT molecular complexity index is 1160. The van der Waals surface area contributed by atoms with Crippen LogP contribution in [0.15, 0.2) is 72.8 Å². The van der Waals surface area contributed by atoms with Gasteiger partial charge in [-0.1, -0.05) is 72.8 Å². The van der Waals surface area contributed by atoms with E-state index in [2.05, 4.69) is 85.3 Å². The molecule has 0 aromatic heterocycles. The molecule has 3 aliphatic carbocycles. The molecule has 4 aromatic rings. The van der Waals surface area contributed by atoms with Crippen LogP contribution in [0, 0.1) is 0 Å². The van der Waals surface area contributed by atoms with Gasteiger partial charge in [0.2, 0.25) is 0 Å². The van der Waals surface area contributed by atoms with Crippen molar-refractivity contribution >= 4 is 45.1 Å². The Morgan fingerprint density at radius 1 is 0.536 bits per heavy atom. The normalized spacial score (nSPS) is 19.1. The zero-order valence-electron chi connectivity index (χ0n) is 16.3. The highest BCUT2D eigenvalue weighted by molar-refractivity contribution is 7.99. The first kappa shape index (κ1) is 18.1. The molecule has 0 N–H and O–H groups in total. The Balaban J connectivity index is 1.73. The summed E-state index contributed by atoms with van der Waals surface area (Å²) in [6.07, 6.45) is 6.60. The van der Waals surface area contributed by atoms with Crippen LogP contribution in [0.4, 0.5) is 0 Å². The Morgan fingerprint density at radius 2 is 1.00 bits per heavy atom. The maximum Gasteiger partial charge on any atom is 0.0335 e. The Kier molecular flexibility index (Phi) is 4.86. The van der Waals surface area contributed by atoms with Crippen molar-refractivity contribution in [3.63, 3.8) is 0 Å². The lowest BCUT2D eigenvalue weighted by Gasteiger charge is -2.16. The first-order chi connectivity index (χ1) is 13.7. The predicted octanol–water partition coefficient (Wildman–Crippen LogP) is 7.60. The lowest BCUT2D eigenvalue weighted by Crippen LogP contribution is -1.99. The van der Waals surface area contributed by atoms with Crippen molar-refractivity contribution in [2.24, 2.45) is 0 Å². The van der Waals surface area contributed by atoms with Crippen molar-refractivity contribution in [2.45, 2.75) is 23.3 Å². The van der Waals surface area contributed by atoms with E-state index in [0.29, 0.717) is 10.5 Å². The topological polar surface area (TPSA) is 0 Å². The standard InChI is InChI=1S/C26H24S2/c1-27-25-14-18-3-5-19-7-9-23(16-24(19)12-18)26(28-2)13-17-4-6-21-15-22(25)10-8-20(21)11-17/h3-12,15-16,25-26H,13-14H2,1-2H3. The van der Waals surface area contributed by atoms with E-state index in [0.717, 1.165) is 12.8 Å². The molecule has 0 spiro atoms. The smallest absolute Gasteiger partial charge is 0.0335 e. The van der Waals surface area contributed by atoms with Gasteiger partial charge in [-0.25, -0.2) is 0 Å². The summed E-state index contributed by atoms with van der Waals surface area (Å²) in [7, 11) is 0. The third-order valence-electron chi connectivity index (χ3n) is 6.01. The molecule has 0 fully saturated rings. The zero-order valence-corrected chi connectivity index (χ0v) is 17.9. The highest BCUT2D eigenvalue weighted by Gasteiger charge is 2.16. The minimum Gasteiger partial charge on any atom is -0.157 e. The number of benzene rings is 4. The highest BCUT2D eigenvalue weighted by Crippen LogP contribution is 2.36. The van der Waals surface area contributed by atoms with Gasteiger partial charge in [0.15, 0.2) is 0 Å². The van der Waals surface area contributed by atoms with Crippen molar-refractivity contribution in [1.29, 1.82) is 0 Å². The van der Waals surface area contributed by atoms with Gasteiger partial charge < -0.3 is 0 Å². The van der Waals surface area contributed by atoms with E-state index < -0.39 is 0 Å². The molecule has 0 saturated heterocycles. The van der Waals surface area contributed by atoms with Crippen LogP contribution in [0.1, 0.15) is 32.8 Å². The van der Waals surface area contributed by atoms with Crippen molar-refractivity contribution in [3.05, 3.63) is 95.1 Å². The molecule has 2 atom stereocenters. The fourth-order valence-corrected chi connectivity index (χ4v) is 5.94. The summed E-state index contributed by atoms with van der Waals surface area (Å²) >= 11 is 3.90. The zero-order chi connectivity index (χ0) is 19.1. The molecule has 3 aliphatic rings. The minimum atomic E-state index is 0.480. The average Bonchev–Trinajstić information content (AvgIpc) is 2.74. The lowest BCUT2D eigenvalue weighted by molar-refractivity contribution is 0.938. The van der Waals surface area contributed by atoms with Crippen LogP contribution < -0.4 is 0 Å². The van der Waals surface area contributed by atoms with Crippen molar-refractivity contribution in [1.82, 2.24) is 0 Å². The van der Waals surface area contributed by atoms with Gasteiger partial charge in [0.05, 0.1) is 0 Å². The molecule has 2 heteroatoms. The molecule has 140 valence electrons. The quantitative estimate of drug-likeness (QED) is 0.340. The van der Waals surface area contributed by atoms with Crippen LogP contribution in [0.3, 0.4) is 0 Å². The number of hydrogen-bond acceptors (Lipinski definition) is 2. The summed E-state index contributed by atoms with van der Waals surface area (Å²) in [6, 6.07) is 28.1. The van der Waals surface area contributed by atoms with Gasteiger partial charge in [-0.3, -0.25) is 0 Å². The molecule has 4 aromatic carbocycles. The second kappa shape index (κ2) is 7.50. The van der Waals surface area contributed by atoms with Crippen LogP contribution in [0.5, 0.6) is 0 Å². The summed E-state index contributed by atoms with van der Waals surface area (Å²) in [5, 5.41) is 6.38.